The lowest BCUT2D eigenvalue weighted by atomic mass is 10.1. The Hall–Kier alpha value is -0.680. The Labute approximate surface area is 109 Å². The number of hydrogen-bond donors (Lipinski definition) is 1. The summed E-state index contributed by atoms with van der Waals surface area (Å²) in [5.74, 6) is 0.0394. The molecule has 0 aromatic heterocycles. The predicted molar refractivity (Wildman–Crippen MR) is 71.9 cm³/mol. The molecule has 5 heteroatoms. The van der Waals surface area contributed by atoms with Crippen molar-refractivity contribution >= 4 is 23.2 Å². The summed E-state index contributed by atoms with van der Waals surface area (Å²) in [7, 11) is 0. The molecule has 0 aromatic rings. The van der Waals surface area contributed by atoms with Gasteiger partial charge in [0.15, 0.2) is 5.11 Å². The summed E-state index contributed by atoms with van der Waals surface area (Å²) in [6.07, 6.45) is 5.03. The van der Waals surface area contributed by atoms with Gasteiger partial charge in [0.1, 0.15) is 0 Å². The van der Waals surface area contributed by atoms with Crippen molar-refractivity contribution in [3.63, 3.8) is 0 Å². The number of carbonyl (C=O) groups excluding carboxylic acids is 1. The van der Waals surface area contributed by atoms with Gasteiger partial charge >= 0.3 is 0 Å². The van der Waals surface area contributed by atoms with Gasteiger partial charge in [0.05, 0.1) is 13.2 Å². The molecule has 1 aliphatic heterocycles. The maximum Gasteiger partial charge on any atom is 0.226 e. The van der Waals surface area contributed by atoms with Crippen molar-refractivity contribution in [2.75, 3.05) is 26.3 Å². The minimum atomic E-state index is 0.0394. The first-order valence-electron chi connectivity index (χ1n) is 6.40. The van der Waals surface area contributed by atoms with Crippen LogP contribution in [0.5, 0.6) is 0 Å². The minimum absolute atomic E-state index is 0.0394. The minimum Gasteiger partial charge on any atom is -0.378 e. The van der Waals surface area contributed by atoms with E-state index in [-0.39, 0.29) is 5.91 Å². The van der Waals surface area contributed by atoms with Crippen LogP contribution in [-0.4, -0.2) is 42.2 Å². The van der Waals surface area contributed by atoms with E-state index in [9.17, 15) is 4.79 Å². The smallest absolute Gasteiger partial charge is 0.226 e. The highest BCUT2D eigenvalue weighted by atomic mass is 32.1. The first kappa shape index (κ1) is 14.4. The van der Waals surface area contributed by atoms with E-state index in [1.165, 1.54) is 12.8 Å². The van der Waals surface area contributed by atoms with E-state index in [1.807, 2.05) is 4.90 Å². The summed E-state index contributed by atoms with van der Waals surface area (Å²) in [6, 6.07) is 0. The van der Waals surface area contributed by atoms with E-state index in [1.54, 1.807) is 0 Å². The number of morpholine rings is 1. The number of nitrogens with zero attached hydrogens (tertiary/aromatic N) is 1. The van der Waals surface area contributed by atoms with Crippen LogP contribution in [0.3, 0.4) is 0 Å². The third-order valence-electron chi connectivity index (χ3n) is 2.80. The molecule has 0 spiro atoms. The molecule has 0 bridgehead atoms. The van der Waals surface area contributed by atoms with Crippen LogP contribution in [0.25, 0.3) is 0 Å². The van der Waals surface area contributed by atoms with Gasteiger partial charge in [0, 0.05) is 19.5 Å². The second-order valence-corrected chi connectivity index (χ2v) is 4.65. The van der Waals surface area contributed by atoms with Crippen molar-refractivity contribution in [1.29, 1.82) is 0 Å². The topological polar surface area (TPSA) is 41.6 Å². The highest BCUT2D eigenvalue weighted by Gasteiger charge is 2.15. The van der Waals surface area contributed by atoms with Crippen molar-refractivity contribution in [2.24, 2.45) is 0 Å². The summed E-state index contributed by atoms with van der Waals surface area (Å²) >= 11 is 5.19. The van der Waals surface area contributed by atoms with Crippen molar-refractivity contribution in [3.8, 4) is 0 Å². The van der Waals surface area contributed by atoms with Gasteiger partial charge < -0.3 is 15.0 Å². The third kappa shape index (κ3) is 5.98. The van der Waals surface area contributed by atoms with E-state index < -0.39 is 0 Å². The zero-order valence-electron chi connectivity index (χ0n) is 10.5. The molecular weight excluding hydrogens is 236 g/mol. The molecule has 1 aliphatic rings. The molecule has 1 N–H and O–H groups in total. The predicted octanol–water partition coefficient (Wildman–Crippen LogP) is 1.69. The second kappa shape index (κ2) is 8.42. The molecule has 0 saturated carbocycles. The lowest BCUT2D eigenvalue weighted by molar-refractivity contribution is -0.120. The molecule has 0 atom stereocenters. The lowest BCUT2D eigenvalue weighted by Gasteiger charge is -2.28. The van der Waals surface area contributed by atoms with Crippen LogP contribution in [0.1, 0.15) is 39.0 Å². The van der Waals surface area contributed by atoms with Gasteiger partial charge in [-0.2, -0.15) is 0 Å². The fraction of sp³-hybridized carbons (Fsp3) is 0.833. The average Bonchev–Trinajstić information content (AvgIpc) is 2.36. The molecule has 17 heavy (non-hydrogen) atoms. The number of rotatable bonds is 5. The number of ether oxygens (including phenoxy) is 1. The Kier molecular flexibility index (Phi) is 7.12. The van der Waals surface area contributed by atoms with Crippen molar-refractivity contribution in [3.05, 3.63) is 0 Å². The fourth-order valence-corrected chi connectivity index (χ4v) is 2.04. The van der Waals surface area contributed by atoms with Gasteiger partial charge in [0.2, 0.25) is 5.91 Å². The number of thiocarbonyl (C=S) groups is 1. The molecule has 0 radical (unpaired) electrons. The van der Waals surface area contributed by atoms with E-state index in [0.29, 0.717) is 24.7 Å². The molecule has 1 fully saturated rings. The number of hydrogen-bond acceptors (Lipinski definition) is 3. The second-order valence-electron chi connectivity index (χ2n) is 4.26. The standard InChI is InChI=1S/C12H22N2O2S/c1-2-3-4-5-6-11(15)13-12(17)14-7-9-16-10-8-14/h2-10H2,1H3,(H,13,15,17). The van der Waals surface area contributed by atoms with Crippen LogP contribution in [0, 0.1) is 0 Å². The SMILES string of the molecule is CCCCCCC(=O)NC(=S)N1CCOCC1. The number of unbranched alkanes of at least 4 members (excludes halogenated alkanes) is 3. The summed E-state index contributed by atoms with van der Waals surface area (Å²) < 4.78 is 5.23. The first-order valence-corrected chi connectivity index (χ1v) is 6.81. The first-order chi connectivity index (χ1) is 8.24. The summed E-state index contributed by atoms with van der Waals surface area (Å²) in [4.78, 5) is 13.6. The number of amides is 1. The Bertz CT molecular complexity index is 253. The van der Waals surface area contributed by atoms with Crippen LogP contribution in [0.4, 0.5) is 0 Å². The zero-order chi connectivity index (χ0) is 12.5. The molecule has 1 rings (SSSR count). The van der Waals surface area contributed by atoms with E-state index >= 15 is 0 Å². The van der Waals surface area contributed by atoms with Crippen molar-refractivity contribution in [2.45, 2.75) is 39.0 Å². The molecule has 1 saturated heterocycles. The number of nitrogens with one attached hydrogen (secondary N) is 1. The average molecular weight is 258 g/mol. The van der Waals surface area contributed by atoms with Crippen LogP contribution >= 0.6 is 12.2 Å². The maximum atomic E-state index is 11.6. The largest absolute Gasteiger partial charge is 0.378 e. The molecule has 0 aromatic carbocycles. The number of carbonyl (C=O) groups is 1. The molecule has 0 aliphatic carbocycles. The van der Waals surface area contributed by atoms with Crippen molar-refractivity contribution < 1.29 is 9.53 Å². The normalized spacial score (nSPS) is 15.7. The molecule has 98 valence electrons. The Morgan fingerprint density at radius 1 is 1.29 bits per heavy atom. The van der Waals surface area contributed by atoms with Gasteiger partial charge in [-0.05, 0) is 18.6 Å². The fourth-order valence-electron chi connectivity index (χ4n) is 1.74. The molecule has 1 amide bonds. The maximum absolute atomic E-state index is 11.6. The van der Waals surface area contributed by atoms with Gasteiger partial charge in [-0.15, -0.1) is 0 Å². The highest BCUT2D eigenvalue weighted by molar-refractivity contribution is 7.80. The van der Waals surface area contributed by atoms with Crippen LogP contribution < -0.4 is 5.32 Å². The van der Waals surface area contributed by atoms with Gasteiger partial charge in [-0.25, -0.2) is 0 Å². The van der Waals surface area contributed by atoms with E-state index in [0.717, 1.165) is 25.9 Å². The van der Waals surface area contributed by atoms with Crippen molar-refractivity contribution in [1.82, 2.24) is 10.2 Å². The molecule has 4 nitrogen and oxygen atoms in total. The summed E-state index contributed by atoms with van der Waals surface area (Å²) in [5.41, 5.74) is 0. The Morgan fingerprint density at radius 2 is 2.00 bits per heavy atom. The van der Waals surface area contributed by atoms with Gasteiger partial charge in [-0.1, -0.05) is 26.2 Å². The van der Waals surface area contributed by atoms with Crippen LogP contribution in [-0.2, 0) is 9.53 Å². The monoisotopic (exact) mass is 258 g/mol. The highest BCUT2D eigenvalue weighted by Crippen LogP contribution is 2.03. The molecule has 1 heterocycles. The summed E-state index contributed by atoms with van der Waals surface area (Å²) in [6.45, 7) is 5.08. The van der Waals surface area contributed by atoms with E-state index in [2.05, 4.69) is 12.2 Å². The Morgan fingerprint density at radius 3 is 2.65 bits per heavy atom. The van der Waals surface area contributed by atoms with Crippen LogP contribution in [0.2, 0.25) is 0 Å². The lowest BCUT2D eigenvalue weighted by Crippen LogP contribution is -2.47. The third-order valence-corrected chi connectivity index (χ3v) is 3.16. The quantitative estimate of drug-likeness (QED) is 0.602. The van der Waals surface area contributed by atoms with Gasteiger partial charge in [0.25, 0.3) is 0 Å². The van der Waals surface area contributed by atoms with Crippen LogP contribution in [0.15, 0.2) is 0 Å². The molecule has 0 unspecified atom stereocenters. The Balaban J connectivity index is 2.14. The summed E-state index contributed by atoms with van der Waals surface area (Å²) in [5, 5.41) is 3.34. The van der Waals surface area contributed by atoms with E-state index in [4.69, 9.17) is 17.0 Å². The van der Waals surface area contributed by atoms with Gasteiger partial charge in [-0.3, -0.25) is 4.79 Å². The zero-order valence-corrected chi connectivity index (χ0v) is 11.4. The molecular formula is C12H22N2O2S.